The number of fused-ring (bicyclic) bond motifs is 3. The highest BCUT2D eigenvalue weighted by Gasteiger charge is 2.42. The molecule has 2 fully saturated rings. The Hall–Kier alpha value is -3.02. The zero-order chi connectivity index (χ0) is 24.6. The topological polar surface area (TPSA) is 97.4 Å². The van der Waals surface area contributed by atoms with Crippen molar-refractivity contribution in [3.05, 3.63) is 62.2 Å². The fraction of sp³-hybridized carbons (Fsp3) is 0.545. The molecule has 1 aromatic carbocycles. The molecule has 34 heavy (non-hydrogen) atoms. The smallest absolute Gasteiger partial charge is 0.475 e. The van der Waals surface area contributed by atoms with Gasteiger partial charge < -0.3 is 5.11 Å². The monoisotopic (exact) mass is 484 g/mol. The van der Waals surface area contributed by atoms with Gasteiger partial charge in [-0.2, -0.15) is 18.3 Å². The molecule has 1 aliphatic carbocycles. The summed E-state index contributed by atoms with van der Waals surface area (Å²) in [5.41, 5.74) is 0.185. The number of hydrogen-bond donors (Lipinski definition) is 1. The molecule has 1 N–H and O–H groups in total. The van der Waals surface area contributed by atoms with E-state index < -0.39 is 23.3 Å². The third-order valence-corrected chi connectivity index (χ3v) is 6.65. The highest BCUT2D eigenvalue weighted by Crippen LogP contribution is 2.37. The number of rotatable bonds is 4. The van der Waals surface area contributed by atoms with Crippen LogP contribution in [0.3, 0.4) is 0 Å². The van der Waals surface area contributed by atoms with Gasteiger partial charge in [0.2, 0.25) is 0 Å². The molecule has 1 saturated heterocycles. The van der Waals surface area contributed by atoms with Crippen molar-refractivity contribution in [3.8, 4) is 0 Å². The highest BCUT2D eigenvalue weighted by molar-refractivity contribution is 5.73. The van der Waals surface area contributed by atoms with E-state index >= 15 is 0 Å². The van der Waals surface area contributed by atoms with Crippen molar-refractivity contribution in [2.75, 3.05) is 13.1 Å². The summed E-state index contributed by atoms with van der Waals surface area (Å²) in [7, 11) is 0. The fourth-order valence-corrected chi connectivity index (χ4v) is 4.70. The number of benzene rings is 1. The van der Waals surface area contributed by atoms with Crippen molar-refractivity contribution in [1.29, 1.82) is 0 Å². The minimum Gasteiger partial charge on any atom is -0.475 e. The van der Waals surface area contributed by atoms with Crippen molar-refractivity contribution in [1.82, 2.24) is 19.2 Å². The van der Waals surface area contributed by atoms with E-state index in [4.69, 9.17) is 9.90 Å². The van der Waals surface area contributed by atoms with Crippen molar-refractivity contribution in [3.63, 3.8) is 0 Å². The molecular weight excluding hydrogens is 460 g/mol. The second-order valence-electron chi connectivity index (χ2n) is 9.05. The third-order valence-electron chi connectivity index (χ3n) is 6.65. The summed E-state index contributed by atoms with van der Waals surface area (Å²) in [6, 6.07) is 6.61. The van der Waals surface area contributed by atoms with Crippen LogP contribution in [0.1, 0.15) is 36.6 Å². The Labute approximate surface area is 191 Å². The van der Waals surface area contributed by atoms with E-state index in [-0.39, 0.29) is 11.7 Å². The molecular formula is C22H24F4N4O4. The van der Waals surface area contributed by atoms with Crippen LogP contribution in [0, 0.1) is 17.7 Å². The SMILES string of the molecule is O=C(O)C(F)(F)F.O=c1c(=O)n2c(nn1CC1CCC1)C1CN(Cc3ccc(F)cc3)CC1C2. The number of likely N-dealkylation sites (tertiary alicyclic amines) is 1. The van der Waals surface area contributed by atoms with Gasteiger partial charge in [0, 0.05) is 44.6 Å². The molecule has 2 atom stereocenters. The summed E-state index contributed by atoms with van der Waals surface area (Å²) in [4.78, 5) is 36.2. The predicted molar refractivity (Wildman–Crippen MR) is 112 cm³/mol. The van der Waals surface area contributed by atoms with E-state index in [0.717, 1.165) is 43.9 Å². The summed E-state index contributed by atoms with van der Waals surface area (Å²) >= 11 is 0. The number of carboxylic acids is 1. The van der Waals surface area contributed by atoms with Crippen molar-refractivity contribution in [2.24, 2.45) is 11.8 Å². The quantitative estimate of drug-likeness (QED) is 0.528. The second kappa shape index (κ2) is 9.32. The van der Waals surface area contributed by atoms with E-state index in [1.807, 2.05) is 12.1 Å². The fourth-order valence-electron chi connectivity index (χ4n) is 4.70. The van der Waals surface area contributed by atoms with Gasteiger partial charge in [-0.15, -0.1) is 0 Å². The lowest BCUT2D eigenvalue weighted by molar-refractivity contribution is -0.192. The van der Waals surface area contributed by atoms with Crippen LogP contribution in [0.2, 0.25) is 0 Å². The molecule has 1 saturated carbocycles. The number of carbonyl (C=O) groups is 1. The molecule has 1 aromatic heterocycles. The average Bonchev–Trinajstić information content (AvgIpc) is 3.27. The van der Waals surface area contributed by atoms with Gasteiger partial charge in [0.15, 0.2) is 0 Å². The number of aliphatic carboxylic acids is 1. The van der Waals surface area contributed by atoms with Gasteiger partial charge >= 0.3 is 23.3 Å². The Kier molecular flexibility index (Phi) is 6.61. The minimum atomic E-state index is -5.08. The molecule has 3 aliphatic rings. The Morgan fingerprint density at radius 2 is 1.71 bits per heavy atom. The summed E-state index contributed by atoms with van der Waals surface area (Å²) < 4.78 is 47.9. The molecule has 2 unspecified atom stereocenters. The van der Waals surface area contributed by atoms with Crippen LogP contribution in [0.15, 0.2) is 33.9 Å². The lowest BCUT2D eigenvalue weighted by atomic mass is 9.85. The summed E-state index contributed by atoms with van der Waals surface area (Å²) in [6.45, 7) is 3.58. The molecule has 12 heteroatoms. The number of carboxylic acid groups (broad SMARTS) is 1. The summed E-state index contributed by atoms with van der Waals surface area (Å²) in [5.74, 6) is -1.23. The maximum Gasteiger partial charge on any atom is 0.490 e. The first-order chi connectivity index (χ1) is 16.0. The molecule has 3 heterocycles. The first kappa shape index (κ1) is 24.1. The summed E-state index contributed by atoms with van der Waals surface area (Å²) in [6.07, 6.45) is -1.65. The predicted octanol–water partition coefficient (Wildman–Crippen LogP) is 2.21. The molecule has 0 spiro atoms. The van der Waals surface area contributed by atoms with Gasteiger partial charge in [-0.1, -0.05) is 18.6 Å². The number of aromatic nitrogens is 3. The van der Waals surface area contributed by atoms with Gasteiger partial charge in [-0.05, 0) is 36.5 Å². The maximum absolute atomic E-state index is 13.1. The van der Waals surface area contributed by atoms with Crippen LogP contribution in [-0.2, 0) is 24.4 Å². The molecule has 184 valence electrons. The lowest BCUT2D eigenvalue weighted by Gasteiger charge is -2.25. The van der Waals surface area contributed by atoms with E-state index in [9.17, 15) is 27.2 Å². The Bertz CT molecular complexity index is 1170. The van der Waals surface area contributed by atoms with Gasteiger partial charge in [-0.3, -0.25) is 19.1 Å². The normalized spacial score (nSPS) is 21.9. The van der Waals surface area contributed by atoms with E-state index in [2.05, 4.69) is 10.00 Å². The minimum absolute atomic E-state index is 0.186. The second-order valence-corrected chi connectivity index (χ2v) is 9.05. The van der Waals surface area contributed by atoms with Crippen LogP contribution in [0.4, 0.5) is 17.6 Å². The molecule has 0 radical (unpaired) electrons. The molecule has 0 amide bonds. The molecule has 0 bridgehead atoms. The van der Waals surface area contributed by atoms with Crippen molar-refractivity contribution >= 4 is 5.97 Å². The van der Waals surface area contributed by atoms with Crippen LogP contribution in [0.5, 0.6) is 0 Å². The number of alkyl halides is 3. The van der Waals surface area contributed by atoms with Gasteiger partial charge in [0.25, 0.3) is 0 Å². The number of halogens is 4. The first-order valence-corrected chi connectivity index (χ1v) is 11.0. The standard InChI is InChI=1S/C20H23FN4O2.C2HF3O2/c21-16-6-4-14(5-7-16)8-23-10-15-11-24-18(17(15)12-23)22-25(20(27)19(24)26)9-13-2-1-3-13;3-2(4,5)1(6)7/h4-7,13,15,17H,1-3,8-12H2;(H,6,7). The molecule has 5 rings (SSSR count). The summed E-state index contributed by atoms with van der Waals surface area (Å²) in [5, 5.41) is 11.7. The number of nitrogens with zero attached hydrogens (tertiary/aromatic N) is 4. The van der Waals surface area contributed by atoms with Crippen LogP contribution >= 0.6 is 0 Å². The Morgan fingerprint density at radius 1 is 1.06 bits per heavy atom. The average molecular weight is 484 g/mol. The van der Waals surface area contributed by atoms with E-state index in [1.54, 1.807) is 4.57 Å². The zero-order valence-corrected chi connectivity index (χ0v) is 18.2. The maximum atomic E-state index is 13.1. The lowest BCUT2D eigenvalue weighted by Crippen LogP contribution is -2.45. The van der Waals surface area contributed by atoms with Gasteiger partial charge in [-0.25, -0.2) is 13.9 Å². The van der Waals surface area contributed by atoms with E-state index in [0.29, 0.717) is 24.9 Å². The van der Waals surface area contributed by atoms with Crippen LogP contribution in [-0.4, -0.2) is 49.6 Å². The third kappa shape index (κ3) is 5.06. The molecule has 8 nitrogen and oxygen atoms in total. The van der Waals surface area contributed by atoms with Gasteiger partial charge in [0.1, 0.15) is 11.6 Å². The van der Waals surface area contributed by atoms with Crippen LogP contribution < -0.4 is 11.1 Å². The Balaban J connectivity index is 0.000000344. The zero-order valence-electron chi connectivity index (χ0n) is 18.2. The van der Waals surface area contributed by atoms with Crippen LogP contribution in [0.25, 0.3) is 0 Å². The van der Waals surface area contributed by atoms with Gasteiger partial charge in [0.05, 0.1) is 0 Å². The largest absolute Gasteiger partial charge is 0.490 e. The highest BCUT2D eigenvalue weighted by atomic mass is 19.4. The molecule has 2 aliphatic heterocycles. The van der Waals surface area contributed by atoms with E-state index in [1.165, 1.54) is 23.2 Å². The van der Waals surface area contributed by atoms with Crippen molar-refractivity contribution < 1.29 is 27.5 Å². The number of hydrogen-bond acceptors (Lipinski definition) is 5. The first-order valence-electron chi connectivity index (χ1n) is 11.0. The Morgan fingerprint density at radius 3 is 2.26 bits per heavy atom. The molecule has 2 aromatic rings. The van der Waals surface area contributed by atoms with Crippen molar-refractivity contribution in [2.45, 2.75) is 51.0 Å².